The minimum atomic E-state index is -1.13. The van der Waals surface area contributed by atoms with Crippen molar-refractivity contribution < 1.29 is 13.6 Å². The first-order valence-electron chi connectivity index (χ1n) is 3.98. The van der Waals surface area contributed by atoms with Crippen molar-refractivity contribution in [2.45, 2.75) is 25.5 Å². The average molecular weight is 189 g/mol. The normalized spacial score (nSPS) is 13.0. The fourth-order valence-corrected chi connectivity index (χ4v) is 2.12. The van der Waals surface area contributed by atoms with Crippen LogP contribution in [0.25, 0.3) is 0 Å². The van der Waals surface area contributed by atoms with Crippen LogP contribution < -0.4 is 0 Å². The van der Waals surface area contributed by atoms with Crippen LogP contribution in [0.5, 0.6) is 0 Å². The highest BCUT2D eigenvalue weighted by atomic mass is 28.3. The van der Waals surface area contributed by atoms with E-state index < -0.39 is 9.28 Å². The first kappa shape index (κ1) is 11.7. The number of ether oxygens (including phenoxy) is 1. The maximum absolute atomic E-state index is 5.25. The summed E-state index contributed by atoms with van der Waals surface area (Å²) in [5, 5.41) is 0. The third-order valence-corrected chi connectivity index (χ3v) is 3.29. The highest BCUT2D eigenvalue weighted by molar-refractivity contribution is 6.44. The maximum Gasteiger partial charge on any atom is 0.387 e. The molecule has 1 unspecified atom stereocenters. The lowest BCUT2D eigenvalue weighted by Gasteiger charge is -2.17. The summed E-state index contributed by atoms with van der Waals surface area (Å²) in [6.07, 6.45) is 2.60. The number of hydrogen-bond donors (Lipinski definition) is 0. The first-order chi connectivity index (χ1) is 5.78. The van der Waals surface area contributed by atoms with E-state index >= 15 is 0 Å². The van der Waals surface area contributed by atoms with Crippen LogP contribution in [0.3, 0.4) is 0 Å². The monoisotopic (exact) mass is 189 g/mol. The van der Waals surface area contributed by atoms with Crippen molar-refractivity contribution in [1.82, 2.24) is 0 Å². The Balaban J connectivity index is 3.73. The zero-order valence-corrected chi connectivity index (χ0v) is 9.00. The van der Waals surface area contributed by atoms with Gasteiger partial charge in [0, 0.05) is 20.3 Å². The lowest BCUT2D eigenvalue weighted by molar-refractivity contribution is 0.144. The van der Waals surface area contributed by atoms with Crippen LogP contribution in [-0.4, -0.2) is 29.6 Å². The Morgan fingerprint density at radius 1 is 1.42 bits per heavy atom. The van der Waals surface area contributed by atoms with E-state index in [1.165, 1.54) is 6.26 Å². The first-order valence-corrected chi connectivity index (χ1v) is 5.51. The zero-order valence-electron chi connectivity index (χ0n) is 8.00. The minimum absolute atomic E-state index is 0.177. The molecule has 0 saturated heterocycles. The second-order valence-corrected chi connectivity index (χ2v) is 4.29. The van der Waals surface area contributed by atoms with E-state index in [2.05, 4.69) is 13.5 Å². The van der Waals surface area contributed by atoms with Crippen LogP contribution in [0.4, 0.5) is 0 Å². The summed E-state index contributed by atoms with van der Waals surface area (Å²) >= 11 is 0. The van der Waals surface area contributed by atoms with Crippen LogP contribution in [0.2, 0.25) is 6.04 Å². The van der Waals surface area contributed by atoms with Gasteiger partial charge in [-0.15, -0.1) is 0 Å². The Hall–Kier alpha value is -0.323. The minimum Gasteiger partial charge on any atom is -0.499 e. The van der Waals surface area contributed by atoms with E-state index in [0.717, 1.165) is 12.5 Å². The highest BCUT2D eigenvalue weighted by Gasteiger charge is 2.18. The van der Waals surface area contributed by atoms with E-state index in [1.54, 1.807) is 14.2 Å². The summed E-state index contributed by atoms with van der Waals surface area (Å²) in [4.78, 5) is 0. The second-order valence-electron chi connectivity index (χ2n) is 2.32. The number of hydrogen-bond acceptors (Lipinski definition) is 3. The van der Waals surface area contributed by atoms with E-state index in [4.69, 9.17) is 13.6 Å². The topological polar surface area (TPSA) is 27.7 Å². The SMILES string of the molecule is C=COC(CC)C[Si](OC)OC. The molecule has 1 radical (unpaired) electrons. The maximum atomic E-state index is 5.25. The van der Waals surface area contributed by atoms with Gasteiger partial charge in [-0.2, -0.15) is 0 Å². The average Bonchev–Trinajstić information content (AvgIpc) is 2.12. The molecule has 0 N–H and O–H groups in total. The zero-order chi connectivity index (χ0) is 9.40. The molecule has 3 nitrogen and oxygen atoms in total. The van der Waals surface area contributed by atoms with Crippen LogP contribution >= 0.6 is 0 Å². The smallest absolute Gasteiger partial charge is 0.387 e. The predicted molar refractivity (Wildman–Crippen MR) is 49.9 cm³/mol. The summed E-state index contributed by atoms with van der Waals surface area (Å²) in [6.45, 7) is 5.58. The predicted octanol–water partition coefficient (Wildman–Crippen LogP) is 1.71. The summed E-state index contributed by atoms with van der Waals surface area (Å²) in [5.74, 6) is 0. The highest BCUT2D eigenvalue weighted by Crippen LogP contribution is 2.08. The molecule has 0 heterocycles. The largest absolute Gasteiger partial charge is 0.499 e. The van der Waals surface area contributed by atoms with Gasteiger partial charge in [-0.1, -0.05) is 13.5 Å². The lowest BCUT2D eigenvalue weighted by Crippen LogP contribution is -2.25. The van der Waals surface area contributed by atoms with E-state index in [-0.39, 0.29) is 6.10 Å². The van der Waals surface area contributed by atoms with Gasteiger partial charge in [0.05, 0.1) is 12.4 Å². The molecule has 12 heavy (non-hydrogen) atoms. The molecule has 0 aromatic heterocycles. The fraction of sp³-hybridized carbons (Fsp3) is 0.750. The molecule has 0 saturated carbocycles. The molecule has 0 aromatic carbocycles. The van der Waals surface area contributed by atoms with E-state index in [1.807, 2.05) is 0 Å². The molecule has 0 amide bonds. The Kier molecular flexibility index (Phi) is 7.14. The molecule has 0 rings (SSSR count). The standard InChI is InChI=1S/C8H17O3Si/c1-5-8(11-6-2)7-12(9-3)10-4/h6,8H,2,5,7H2,1,3-4H3. The third kappa shape index (κ3) is 4.53. The Bertz CT molecular complexity index is 115. The Labute approximate surface area is 76.2 Å². The van der Waals surface area contributed by atoms with Gasteiger partial charge in [-0.3, -0.25) is 0 Å². The van der Waals surface area contributed by atoms with Crippen LogP contribution in [-0.2, 0) is 13.6 Å². The molecule has 0 aromatic rings. The van der Waals surface area contributed by atoms with Gasteiger partial charge in [-0.05, 0) is 6.42 Å². The van der Waals surface area contributed by atoms with Crippen molar-refractivity contribution in [1.29, 1.82) is 0 Å². The van der Waals surface area contributed by atoms with Crippen molar-refractivity contribution in [3.63, 3.8) is 0 Å². The molecular weight excluding hydrogens is 172 g/mol. The summed E-state index contributed by atoms with van der Waals surface area (Å²) in [5.41, 5.74) is 0. The van der Waals surface area contributed by atoms with Crippen molar-refractivity contribution in [3.8, 4) is 0 Å². The number of rotatable bonds is 7. The van der Waals surface area contributed by atoms with E-state index in [9.17, 15) is 0 Å². The fourth-order valence-electron chi connectivity index (χ4n) is 0.861. The van der Waals surface area contributed by atoms with Gasteiger partial charge in [-0.25, -0.2) is 0 Å². The summed E-state index contributed by atoms with van der Waals surface area (Å²) in [7, 11) is 2.20. The van der Waals surface area contributed by atoms with E-state index in [0.29, 0.717) is 0 Å². The van der Waals surface area contributed by atoms with Gasteiger partial charge in [0.1, 0.15) is 0 Å². The molecule has 4 heteroatoms. The molecule has 0 aliphatic heterocycles. The van der Waals surface area contributed by atoms with Crippen LogP contribution in [0.1, 0.15) is 13.3 Å². The second kappa shape index (κ2) is 7.33. The molecule has 0 aliphatic carbocycles. The molecular formula is C8H17O3Si. The van der Waals surface area contributed by atoms with Gasteiger partial charge < -0.3 is 13.6 Å². The molecule has 1 atom stereocenters. The van der Waals surface area contributed by atoms with Crippen molar-refractivity contribution in [2.75, 3.05) is 14.2 Å². The van der Waals surface area contributed by atoms with Gasteiger partial charge in [0.2, 0.25) is 0 Å². The van der Waals surface area contributed by atoms with Crippen LogP contribution in [0, 0.1) is 0 Å². The Morgan fingerprint density at radius 2 is 2.00 bits per heavy atom. The summed E-state index contributed by atoms with van der Waals surface area (Å²) in [6, 6.07) is 0.834. The van der Waals surface area contributed by atoms with Crippen LogP contribution in [0.15, 0.2) is 12.8 Å². The molecule has 0 fully saturated rings. The van der Waals surface area contributed by atoms with Gasteiger partial charge >= 0.3 is 9.28 Å². The van der Waals surface area contributed by atoms with Gasteiger partial charge in [0.25, 0.3) is 0 Å². The van der Waals surface area contributed by atoms with Gasteiger partial charge in [0.15, 0.2) is 0 Å². The molecule has 71 valence electrons. The molecule has 0 bridgehead atoms. The third-order valence-electron chi connectivity index (χ3n) is 1.59. The lowest BCUT2D eigenvalue weighted by atomic mass is 10.3. The summed E-state index contributed by atoms with van der Waals surface area (Å²) < 4.78 is 15.5. The molecule has 0 spiro atoms. The van der Waals surface area contributed by atoms with Crippen molar-refractivity contribution in [3.05, 3.63) is 12.8 Å². The van der Waals surface area contributed by atoms with Crippen molar-refractivity contribution in [2.24, 2.45) is 0 Å². The Morgan fingerprint density at radius 3 is 2.33 bits per heavy atom. The molecule has 0 aliphatic rings. The van der Waals surface area contributed by atoms with Crippen molar-refractivity contribution >= 4 is 9.28 Å². The quantitative estimate of drug-likeness (QED) is 0.451.